The van der Waals surface area contributed by atoms with Gasteiger partial charge in [0.05, 0.1) is 0 Å². The average molecular weight is 259 g/mol. The molecule has 1 unspecified atom stereocenters. The normalized spacial score (nSPS) is 14.7. The quantitative estimate of drug-likeness (QED) is 0.560. The molecular formula is C14H29NO3. The van der Waals surface area contributed by atoms with E-state index in [1.807, 2.05) is 13.8 Å². The van der Waals surface area contributed by atoms with Gasteiger partial charge in [0, 0.05) is 13.2 Å². The summed E-state index contributed by atoms with van der Waals surface area (Å²) in [5.74, 6) is -0.102. The lowest BCUT2D eigenvalue weighted by Gasteiger charge is -2.29. The molecule has 0 aliphatic heterocycles. The molecule has 2 N–H and O–H groups in total. The number of carboxylic acids is 1. The van der Waals surface area contributed by atoms with Gasteiger partial charge < -0.3 is 15.2 Å². The minimum absolute atomic E-state index is 0.599. The number of hydrogen-bond acceptors (Lipinski definition) is 3. The second-order valence-electron chi connectivity index (χ2n) is 5.17. The van der Waals surface area contributed by atoms with Gasteiger partial charge >= 0.3 is 5.97 Å². The summed E-state index contributed by atoms with van der Waals surface area (Å²) in [5, 5.41) is 12.4. The number of rotatable bonds is 11. The maximum Gasteiger partial charge on any atom is 0.323 e. The van der Waals surface area contributed by atoms with Crippen molar-refractivity contribution < 1.29 is 14.6 Å². The number of carbonyl (C=O) groups is 1. The van der Waals surface area contributed by atoms with Gasteiger partial charge in [0.2, 0.25) is 0 Å². The van der Waals surface area contributed by atoms with Crippen molar-refractivity contribution in [3.05, 3.63) is 0 Å². The number of nitrogens with one attached hydrogen (secondary N) is 1. The molecule has 0 spiro atoms. The second-order valence-corrected chi connectivity index (χ2v) is 5.17. The van der Waals surface area contributed by atoms with Gasteiger partial charge in [0.15, 0.2) is 0 Å². The molecule has 4 nitrogen and oxygen atoms in total. The molecule has 108 valence electrons. The Hall–Kier alpha value is -0.610. The maximum absolute atomic E-state index is 11.3. The van der Waals surface area contributed by atoms with Gasteiger partial charge in [-0.2, -0.15) is 0 Å². The highest BCUT2D eigenvalue weighted by molar-refractivity contribution is 5.78. The molecule has 0 saturated heterocycles. The molecule has 0 amide bonds. The van der Waals surface area contributed by atoms with E-state index in [1.54, 1.807) is 0 Å². The lowest BCUT2D eigenvalue weighted by molar-refractivity contribution is -0.145. The minimum atomic E-state index is -0.782. The molecule has 0 heterocycles. The highest BCUT2D eigenvalue weighted by Crippen LogP contribution is 2.18. The van der Waals surface area contributed by atoms with Gasteiger partial charge in [-0.25, -0.2) is 0 Å². The molecule has 0 radical (unpaired) electrons. The predicted octanol–water partition coefficient (Wildman–Crippen LogP) is 2.67. The van der Waals surface area contributed by atoms with Crippen LogP contribution in [0, 0.1) is 5.92 Å². The van der Waals surface area contributed by atoms with Gasteiger partial charge in [-0.05, 0) is 38.1 Å². The summed E-state index contributed by atoms with van der Waals surface area (Å²) in [5.41, 5.74) is -0.782. The van der Waals surface area contributed by atoms with E-state index in [1.165, 1.54) is 0 Å². The Bertz CT molecular complexity index is 231. The topological polar surface area (TPSA) is 58.6 Å². The average Bonchev–Trinajstić information content (AvgIpc) is 2.31. The lowest BCUT2D eigenvalue weighted by Crippen LogP contribution is -2.51. The summed E-state index contributed by atoms with van der Waals surface area (Å²) in [6.45, 7) is 10.3. The summed E-state index contributed by atoms with van der Waals surface area (Å²) in [6.07, 6.45) is 3.06. The number of likely N-dealkylation sites (N-methyl/N-ethyl adjacent to an activating group) is 1. The molecule has 0 fully saturated rings. The van der Waals surface area contributed by atoms with E-state index in [0.717, 1.165) is 19.4 Å². The molecule has 0 aromatic heterocycles. The summed E-state index contributed by atoms with van der Waals surface area (Å²) in [7, 11) is 0. The molecule has 0 bridgehead atoms. The number of carboxylic acid groups (broad SMARTS) is 1. The largest absolute Gasteiger partial charge is 0.480 e. The van der Waals surface area contributed by atoms with Crippen LogP contribution in [0.2, 0.25) is 0 Å². The zero-order valence-corrected chi connectivity index (χ0v) is 12.3. The Kier molecular flexibility index (Phi) is 9.02. The first-order valence-electron chi connectivity index (χ1n) is 7.04. The summed E-state index contributed by atoms with van der Waals surface area (Å²) in [6, 6.07) is 0. The smallest absolute Gasteiger partial charge is 0.323 e. The molecular weight excluding hydrogens is 230 g/mol. The van der Waals surface area contributed by atoms with Crippen LogP contribution in [0.5, 0.6) is 0 Å². The van der Waals surface area contributed by atoms with Crippen LogP contribution in [-0.4, -0.2) is 36.4 Å². The number of aliphatic carboxylic acids is 1. The van der Waals surface area contributed by atoms with E-state index in [-0.39, 0.29) is 0 Å². The first kappa shape index (κ1) is 17.4. The van der Waals surface area contributed by atoms with Crippen LogP contribution in [0.1, 0.15) is 53.4 Å². The van der Waals surface area contributed by atoms with Crippen molar-refractivity contribution in [2.45, 2.75) is 58.9 Å². The van der Waals surface area contributed by atoms with Gasteiger partial charge in [-0.15, -0.1) is 0 Å². The Balaban J connectivity index is 3.94. The zero-order chi connectivity index (χ0) is 14.0. The molecule has 0 aliphatic rings. The molecule has 0 rings (SSSR count). The maximum atomic E-state index is 11.3. The van der Waals surface area contributed by atoms with E-state index in [4.69, 9.17) is 4.74 Å². The standard InChI is InChI=1S/C14H29NO3/c1-5-14(13(16)17,15-6-2)9-7-10-18-11-8-12(3)4/h12,15H,5-11H2,1-4H3,(H,16,17). The number of hydrogen-bond donors (Lipinski definition) is 2. The SMILES string of the molecule is CCNC(CC)(CCCOCCC(C)C)C(=O)O. The first-order chi connectivity index (χ1) is 8.48. The molecule has 0 aliphatic carbocycles. The van der Waals surface area contributed by atoms with Crippen LogP contribution in [-0.2, 0) is 9.53 Å². The molecule has 4 heteroatoms. The first-order valence-corrected chi connectivity index (χ1v) is 7.04. The van der Waals surface area contributed by atoms with Crippen molar-refractivity contribution in [3.8, 4) is 0 Å². The third-order valence-electron chi connectivity index (χ3n) is 3.26. The van der Waals surface area contributed by atoms with Gasteiger partial charge in [0.25, 0.3) is 0 Å². The highest BCUT2D eigenvalue weighted by Gasteiger charge is 2.34. The monoisotopic (exact) mass is 259 g/mol. The third-order valence-corrected chi connectivity index (χ3v) is 3.26. The Morgan fingerprint density at radius 3 is 2.44 bits per heavy atom. The van der Waals surface area contributed by atoms with E-state index in [0.29, 0.717) is 31.9 Å². The van der Waals surface area contributed by atoms with Crippen LogP contribution < -0.4 is 5.32 Å². The minimum Gasteiger partial charge on any atom is -0.480 e. The molecule has 0 aromatic carbocycles. The van der Waals surface area contributed by atoms with Crippen molar-refractivity contribution in [2.75, 3.05) is 19.8 Å². The van der Waals surface area contributed by atoms with Crippen molar-refractivity contribution >= 4 is 5.97 Å². The second kappa shape index (κ2) is 9.34. The predicted molar refractivity (Wildman–Crippen MR) is 73.8 cm³/mol. The van der Waals surface area contributed by atoms with Crippen molar-refractivity contribution in [1.29, 1.82) is 0 Å². The van der Waals surface area contributed by atoms with Crippen LogP contribution in [0.15, 0.2) is 0 Å². The fourth-order valence-electron chi connectivity index (χ4n) is 1.96. The number of ether oxygens (including phenoxy) is 1. The van der Waals surface area contributed by atoms with Crippen molar-refractivity contribution in [1.82, 2.24) is 5.32 Å². The van der Waals surface area contributed by atoms with Crippen LogP contribution >= 0.6 is 0 Å². The lowest BCUT2D eigenvalue weighted by atomic mass is 9.90. The highest BCUT2D eigenvalue weighted by atomic mass is 16.5. The van der Waals surface area contributed by atoms with Crippen LogP contribution in [0.4, 0.5) is 0 Å². The van der Waals surface area contributed by atoms with Crippen LogP contribution in [0.3, 0.4) is 0 Å². The molecule has 1 atom stereocenters. The Labute approximate surface area is 111 Å². The Morgan fingerprint density at radius 1 is 1.33 bits per heavy atom. The fraction of sp³-hybridized carbons (Fsp3) is 0.929. The third kappa shape index (κ3) is 6.36. The summed E-state index contributed by atoms with van der Waals surface area (Å²) < 4.78 is 5.52. The molecule has 18 heavy (non-hydrogen) atoms. The van der Waals surface area contributed by atoms with E-state index in [2.05, 4.69) is 19.2 Å². The zero-order valence-electron chi connectivity index (χ0n) is 12.3. The van der Waals surface area contributed by atoms with Gasteiger partial charge in [-0.3, -0.25) is 4.79 Å². The van der Waals surface area contributed by atoms with E-state index in [9.17, 15) is 9.90 Å². The summed E-state index contributed by atoms with van der Waals surface area (Å²) >= 11 is 0. The Morgan fingerprint density at radius 2 is 2.00 bits per heavy atom. The molecule has 0 saturated carbocycles. The van der Waals surface area contributed by atoms with Gasteiger partial charge in [-0.1, -0.05) is 27.7 Å². The van der Waals surface area contributed by atoms with Crippen LogP contribution in [0.25, 0.3) is 0 Å². The van der Waals surface area contributed by atoms with Crippen molar-refractivity contribution in [3.63, 3.8) is 0 Å². The van der Waals surface area contributed by atoms with Gasteiger partial charge in [0.1, 0.15) is 5.54 Å². The van der Waals surface area contributed by atoms with Crippen molar-refractivity contribution in [2.24, 2.45) is 5.92 Å². The molecule has 0 aromatic rings. The fourth-order valence-corrected chi connectivity index (χ4v) is 1.96. The van der Waals surface area contributed by atoms with E-state index < -0.39 is 11.5 Å². The summed E-state index contributed by atoms with van der Waals surface area (Å²) in [4.78, 5) is 11.3. The van der Waals surface area contributed by atoms with E-state index >= 15 is 0 Å².